The van der Waals surface area contributed by atoms with E-state index in [4.69, 9.17) is 8.92 Å². The SMILES string of the molecule is CCS(=O)(=O)O[C@H](C)[C@@H]1O[C@@H]1C. The summed E-state index contributed by atoms with van der Waals surface area (Å²) < 4.78 is 31.8. The Kier molecular flexibility index (Phi) is 2.75. The first-order chi connectivity index (χ1) is 5.46. The van der Waals surface area contributed by atoms with Gasteiger partial charge in [-0.25, -0.2) is 0 Å². The fraction of sp³-hybridized carbons (Fsp3) is 1.00. The van der Waals surface area contributed by atoms with Crippen LogP contribution in [0.5, 0.6) is 0 Å². The van der Waals surface area contributed by atoms with E-state index in [1.807, 2.05) is 6.92 Å². The zero-order chi connectivity index (χ0) is 9.35. The maximum absolute atomic E-state index is 11.0. The largest absolute Gasteiger partial charge is 0.367 e. The molecule has 12 heavy (non-hydrogen) atoms. The van der Waals surface area contributed by atoms with Crippen molar-refractivity contribution in [2.24, 2.45) is 0 Å². The quantitative estimate of drug-likeness (QED) is 0.484. The van der Waals surface area contributed by atoms with Crippen LogP contribution in [0.3, 0.4) is 0 Å². The first kappa shape index (κ1) is 9.95. The Labute approximate surface area is 73.0 Å². The molecule has 4 nitrogen and oxygen atoms in total. The first-order valence-corrected chi connectivity index (χ1v) is 5.60. The highest BCUT2D eigenvalue weighted by Gasteiger charge is 2.41. The van der Waals surface area contributed by atoms with Crippen LogP contribution in [0.1, 0.15) is 20.8 Å². The predicted molar refractivity (Wildman–Crippen MR) is 44.3 cm³/mol. The highest BCUT2D eigenvalue weighted by molar-refractivity contribution is 7.86. The van der Waals surface area contributed by atoms with Crippen molar-refractivity contribution in [1.29, 1.82) is 0 Å². The van der Waals surface area contributed by atoms with Crippen molar-refractivity contribution in [3.63, 3.8) is 0 Å². The van der Waals surface area contributed by atoms with Crippen molar-refractivity contribution in [2.75, 3.05) is 5.75 Å². The maximum Gasteiger partial charge on any atom is 0.267 e. The van der Waals surface area contributed by atoms with E-state index in [1.165, 1.54) is 0 Å². The van der Waals surface area contributed by atoms with E-state index in [1.54, 1.807) is 13.8 Å². The van der Waals surface area contributed by atoms with Gasteiger partial charge in [-0.3, -0.25) is 4.18 Å². The molecule has 0 aromatic carbocycles. The van der Waals surface area contributed by atoms with Crippen molar-refractivity contribution in [1.82, 2.24) is 0 Å². The van der Waals surface area contributed by atoms with Crippen LogP contribution in [0.25, 0.3) is 0 Å². The Morgan fingerprint density at radius 1 is 1.58 bits per heavy atom. The van der Waals surface area contributed by atoms with E-state index in [-0.39, 0.29) is 24.1 Å². The summed E-state index contributed by atoms with van der Waals surface area (Å²) in [6.45, 7) is 5.16. The molecule has 0 aromatic rings. The van der Waals surface area contributed by atoms with Gasteiger partial charge in [-0.2, -0.15) is 8.42 Å². The third-order valence-corrected chi connectivity index (χ3v) is 3.18. The van der Waals surface area contributed by atoms with Crippen LogP contribution in [0.4, 0.5) is 0 Å². The van der Waals surface area contributed by atoms with Gasteiger partial charge in [0.15, 0.2) is 0 Å². The molecule has 0 aromatic heterocycles. The molecular formula is C7H14O4S. The molecule has 0 aliphatic carbocycles. The molecule has 3 atom stereocenters. The molecule has 0 saturated carbocycles. The van der Waals surface area contributed by atoms with Gasteiger partial charge in [-0.1, -0.05) is 0 Å². The second kappa shape index (κ2) is 3.32. The Morgan fingerprint density at radius 3 is 2.42 bits per heavy atom. The van der Waals surface area contributed by atoms with E-state index in [9.17, 15) is 8.42 Å². The summed E-state index contributed by atoms with van der Waals surface area (Å²) in [6.07, 6.45) is -0.275. The van der Waals surface area contributed by atoms with Crippen LogP contribution in [-0.2, 0) is 19.0 Å². The number of hydrogen-bond donors (Lipinski definition) is 0. The summed E-state index contributed by atoms with van der Waals surface area (Å²) in [7, 11) is -3.33. The predicted octanol–water partition coefficient (Wildman–Crippen LogP) is 0.529. The van der Waals surface area contributed by atoms with Crippen LogP contribution in [0.2, 0.25) is 0 Å². The number of rotatable bonds is 4. The molecular weight excluding hydrogens is 180 g/mol. The van der Waals surface area contributed by atoms with Gasteiger partial charge in [-0.15, -0.1) is 0 Å². The van der Waals surface area contributed by atoms with Gasteiger partial charge in [0, 0.05) is 0 Å². The molecule has 72 valence electrons. The molecule has 0 unspecified atom stereocenters. The lowest BCUT2D eigenvalue weighted by atomic mass is 10.2. The standard InChI is InChI=1S/C7H14O4S/c1-4-12(8,9)11-6(3)7-5(2)10-7/h5-7H,4H2,1-3H3/t5-,6-,7-/m1/s1. The molecule has 5 heteroatoms. The third kappa shape index (κ3) is 2.43. The Morgan fingerprint density at radius 2 is 2.08 bits per heavy atom. The number of epoxide rings is 1. The summed E-state index contributed by atoms with van der Waals surface area (Å²) in [4.78, 5) is 0. The zero-order valence-corrected chi connectivity index (χ0v) is 8.30. The molecule has 0 radical (unpaired) electrons. The van der Waals surface area contributed by atoms with Gasteiger partial charge < -0.3 is 4.74 Å². The molecule has 0 spiro atoms. The van der Waals surface area contributed by atoms with Crippen LogP contribution < -0.4 is 0 Å². The van der Waals surface area contributed by atoms with Crippen LogP contribution in [0, 0.1) is 0 Å². The summed E-state index contributed by atoms with van der Waals surface area (Å²) >= 11 is 0. The van der Waals surface area contributed by atoms with Crippen molar-refractivity contribution >= 4 is 10.1 Å². The molecule has 1 aliphatic heterocycles. The summed E-state index contributed by atoms with van der Waals surface area (Å²) in [5.74, 6) is 0.0123. The molecule has 1 fully saturated rings. The molecule has 0 bridgehead atoms. The average molecular weight is 194 g/mol. The Balaban J connectivity index is 2.41. The zero-order valence-electron chi connectivity index (χ0n) is 7.48. The molecule has 1 heterocycles. The van der Waals surface area contributed by atoms with Crippen molar-refractivity contribution in [2.45, 2.75) is 39.1 Å². The van der Waals surface area contributed by atoms with E-state index in [0.29, 0.717) is 0 Å². The van der Waals surface area contributed by atoms with Crippen LogP contribution in [-0.4, -0.2) is 32.5 Å². The summed E-state index contributed by atoms with van der Waals surface area (Å²) in [5, 5.41) is 0. The lowest BCUT2D eigenvalue weighted by Crippen LogP contribution is -2.22. The van der Waals surface area contributed by atoms with Gasteiger partial charge in [0.1, 0.15) is 12.2 Å². The van der Waals surface area contributed by atoms with E-state index < -0.39 is 10.1 Å². The Bertz CT molecular complexity index is 246. The minimum atomic E-state index is -3.33. The van der Waals surface area contributed by atoms with Gasteiger partial charge in [-0.05, 0) is 20.8 Å². The molecule has 1 saturated heterocycles. The second-order valence-electron chi connectivity index (χ2n) is 2.95. The lowest BCUT2D eigenvalue weighted by molar-refractivity contribution is 0.183. The van der Waals surface area contributed by atoms with E-state index in [2.05, 4.69) is 0 Å². The van der Waals surface area contributed by atoms with Crippen molar-refractivity contribution < 1.29 is 17.3 Å². The van der Waals surface area contributed by atoms with Crippen LogP contribution in [0.15, 0.2) is 0 Å². The van der Waals surface area contributed by atoms with E-state index in [0.717, 1.165) is 0 Å². The third-order valence-electron chi connectivity index (χ3n) is 1.87. The van der Waals surface area contributed by atoms with Gasteiger partial charge >= 0.3 is 0 Å². The van der Waals surface area contributed by atoms with Gasteiger partial charge in [0.2, 0.25) is 0 Å². The summed E-state index contributed by atoms with van der Waals surface area (Å²) in [5.41, 5.74) is 0. The maximum atomic E-state index is 11.0. The Hall–Kier alpha value is -0.130. The lowest BCUT2D eigenvalue weighted by Gasteiger charge is -2.08. The fourth-order valence-corrected chi connectivity index (χ4v) is 1.76. The number of ether oxygens (including phenoxy) is 1. The molecule has 0 N–H and O–H groups in total. The molecule has 1 aliphatic rings. The fourth-order valence-electron chi connectivity index (χ4n) is 1.05. The van der Waals surface area contributed by atoms with E-state index >= 15 is 0 Å². The molecule has 1 rings (SSSR count). The monoisotopic (exact) mass is 194 g/mol. The van der Waals surface area contributed by atoms with Gasteiger partial charge in [0.05, 0.1) is 11.9 Å². The topological polar surface area (TPSA) is 55.9 Å². The van der Waals surface area contributed by atoms with Gasteiger partial charge in [0.25, 0.3) is 10.1 Å². The number of hydrogen-bond acceptors (Lipinski definition) is 4. The second-order valence-corrected chi connectivity index (χ2v) is 4.84. The van der Waals surface area contributed by atoms with Crippen molar-refractivity contribution in [3.8, 4) is 0 Å². The summed E-state index contributed by atoms with van der Waals surface area (Å²) in [6, 6.07) is 0. The first-order valence-electron chi connectivity index (χ1n) is 4.02. The molecule has 0 amide bonds. The minimum Gasteiger partial charge on any atom is -0.367 e. The normalized spacial score (nSPS) is 31.6. The highest BCUT2D eigenvalue weighted by Crippen LogP contribution is 2.27. The smallest absolute Gasteiger partial charge is 0.267 e. The van der Waals surface area contributed by atoms with Crippen molar-refractivity contribution in [3.05, 3.63) is 0 Å². The minimum absolute atomic E-state index is 0.0123. The highest BCUT2D eigenvalue weighted by atomic mass is 32.2. The average Bonchev–Trinajstić information content (AvgIpc) is 2.66. The van der Waals surface area contributed by atoms with Crippen LogP contribution >= 0.6 is 0 Å².